The number of benzene rings is 1. The Hall–Kier alpha value is -3.36. The highest BCUT2D eigenvalue weighted by atomic mass is 32.1. The van der Waals surface area contributed by atoms with E-state index in [2.05, 4.69) is 49.7 Å². The van der Waals surface area contributed by atoms with E-state index >= 15 is 0 Å². The van der Waals surface area contributed by atoms with Crippen molar-refractivity contribution in [1.29, 1.82) is 0 Å². The van der Waals surface area contributed by atoms with Crippen molar-refractivity contribution in [2.24, 2.45) is 23.7 Å². The lowest BCUT2D eigenvalue weighted by Crippen LogP contribution is -2.49. The fraction of sp³-hybridized carbons (Fsp3) is 0.561. The van der Waals surface area contributed by atoms with Crippen LogP contribution < -0.4 is 16.0 Å². The standard InChI is InChI=1S/C41H55N5O2S/c1-5-27-6-10-30(11-7-27)31-14-16-32(17-15-31)34-25-43-38(44-26-34)33-12-8-28(9-13-33)22-35(39(47)45-24-29-20-21-42-23-29)46-40(48)36-18-19-37(49-36)41(2,3)4/h8-9,12-13,16,18-19,25-27,29-31,35,42H,5-7,10-11,14-15,17,20-24H2,1-4H3,(H,45,47)(H,46,48)/t27-,29?,30-,31?,35-/m0/s1. The maximum absolute atomic E-state index is 13.4. The van der Waals surface area contributed by atoms with Crippen molar-refractivity contribution in [1.82, 2.24) is 25.9 Å². The summed E-state index contributed by atoms with van der Waals surface area (Å²) in [6.07, 6.45) is 18.4. The second-order valence-electron chi connectivity index (χ2n) is 15.7. The van der Waals surface area contributed by atoms with Crippen LogP contribution in [-0.4, -0.2) is 47.5 Å². The zero-order valence-corrected chi connectivity index (χ0v) is 30.7. The molecule has 3 aliphatic rings. The number of hydrogen-bond acceptors (Lipinski definition) is 6. The van der Waals surface area contributed by atoms with E-state index in [-0.39, 0.29) is 17.2 Å². The molecule has 3 heterocycles. The van der Waals surface area contributed by atoms with Crippen LogP contribution in [0.3, 0.4) is 0 Å². The summed E-state index contributed by atoms with van der Waals surface area (Å²) in [5.41, 5.74) is 4.38. The van der Waals surface area contributed by atoms with Crippen LogP contribution in [0.4, 0.5) is 0 Å². The summed E-state index contributed by atoms with van der Waals surface area (Å²) in [6.45, 7) is 11.2. The molecule has 0 spiro atoms. The monoisotopic (exact) mass is 681 g/mol. The maximum Gasteiger partial charge on any atom is 0.262 e. The summed E-state index contributed by atoms with van der Waals surface area (Å²) in [4.78, 5) is 38.0. The van der Waals surface area contributed by atoms with Gasteiger partial charge in [-0.2, -0.15) is 0 Å². The summed E-state index contributed by atoms with van der Waals surface area (Å²) in [5, 5.41) is 9.51. The van der Waals surface area contributed by atoms with Gasteiger partial charge in [-0.05, 0) is 104 Å². The lowest BCUT2D eigenvalue weighted by atomic mass is 9.71. The van der Waals surface area contributed by atoms with Crippen molar-refractivity contribution >= 4 is 28.7 Å². The van der Waals surface area contributed by atoms with Gasteiger partial charge in [-0.15, -0.1) is 11.3 Å². The van der Waals surface area contributed by atoms with Crippen LogP contribution >= 0.6 is 11.3 Å². The third-order valence-electron chi connectivity index (χ3n) is 11.2. The molecule has 3 atom stereocenters. The Morgan fingerprint density at radius 3 is 2.29 bits per heavy atom. The van der Waals surface area contributed by atoms with Gasteiger partial charge in [-0.25, -0.2) is 9.97 Å². The molecule has 2 aromatic heterocycles. The lowest BCUT2D eigenvalue weighted by molar-refractivity contribution is -0.123. The molecular weight excluding hydrogens is 627 g/mol. The summed E-state index contributed by atoms with van der Waals surface area (Å²) in [6, 6.07) is 11.2. The van der Waals surface area contributed by atoms with E-state index in [1.54, 1.807) is 0 Å². The van der Waals surface area contributed by atoms with E-state index in [0.717, 1.165) is 65.3 Å². The Morgan fingerprint density at radius 1 is 0.918 bits per heavy atom. The van der Waals surface area contributed by atoms with Crippen molar-refractivity contribution < 1.29 is 9.59 Å². The molecule has 0 radical (unpaired) electrons. The number of allylic oxidation sites excluding steroid dienone is 2. The molecule has 2 aliphatic carbocycles. The second kappa shape index (κ2) is 16.1. The zero-order valence-electron chi connectivity index (χ0n) is 29.9. The third-order valence-corrected chi connectivity index (χ3v) is 12.7. The molecule has 2 unspecified atom stereocenters. The normalized spacial score (nSPS) is 23.5. The van der Waals surface area contributed by atoms with Crippen LogP contribution in [0, 0.1) is 23.7 Å². The first-order valence-electron chi connectivity index (χ1n) is 18.7. The molecule has 1 aliphatic heterocycles. The predicted molar refractivity (Wildman–Crippen MR) is 200 cm³/mol. The first-order chi connectivity index (χ1) is 23.7. The van der Waals surface area contributed by atoms with Gasteiger partial charge in [0, 0.05) is 41.4 Å². The summed E-state index contributed by atoms with van der Waals surface area (Å²) in [5.74, 6) is 3.44. The van der Waals surface area contributed by atoms with E-state index < -0.39 is 6.04 Å². The molecule has 1 aromatic carbocycles. The zero-order chi connectivity index (χ0) is 34.4. The van der Waals surface area contributed by atoms with Gasteiger partial charge >= 0.3 is 0 Å². The minimum atomic E-state index is -0.682. The first-order valence-corrected chi connectivity index (χ1v) is 19.5. The number of hydrogen-bond donors (Lipinski definition) is 3. The SMILES string of the molecule is CC[C@H]1CC[C@H](C2CC=C(c3cnc(-c4ccc(C[C@H](NC(=O)c5ccc(C(C)(C)C)s5)C(=O)NCC5CCNC5)cc4)nc3)CC2)CC1. The summed E-state index contributed by atoms with van der Waals surface area (Å²) < 4.78 is 0. The Bertz CT molecular complexity index is 1570. The fourth-order valence-corrected chi connectivity index (χ4v) is 8.81. The molecule has 2 amide bonds. The van der Waals surface area contributed by atoms with Crippen LogP contribution in [-0.2, 0) is 16.6 Å². The number of aromatic nitrogens is 2. The molecule has 2 fully saturated rings. The topological polar surface area (TPSA) is 96.0 Å². The third kappa shape index (κ3) is 9.26. The quantitative estimate of drug-likeness (QED) is 0.191. The van der Waals surface area contributed by atoms with Crippen LogP contribution in [0.2, 0.25) is 0 Å². The summed E-state index contributed by atoms with van der Waals surface area (Å²) in [7, 11) is 0. The van der Waals surface area contributed by atoms with E-state index in [9.17, 15) is 9.59 Å². The number of carbonyl (C=O) groups excluding carboxylic acids is 2. The number of rotatable bonds is 11. The Kier molecular flexibility index (Phi) is 11.7. The van der Waals surface area contributed by atoms with Gasteiger partial charge in [0.2, 0.25) is 5.91 Å². The smallest absolute Gasteiger partial charge is 0.262 e. The molecule has 0 bridgehead atoms. The minimum absolute atomic E-state index is 0.0369. The first kappa shape index (κ1) is 35.5. The van der Waals surface area contributed by atoms with Gasteiger partial charge in [0.1, 0.15) is 6.04 Å². The van der Waals surface area contributed by atoms with Gasteiger partial charge in [-0.3, -0.25) is 9.59 Å². The second-order valence-corrected chi connectivity index (χ2v) is 16.8. The van der Waals surface area contributed by atoms with Gasteiger partial charge in [0.05, 0.1) is 4.88 Å². The van der Waals surface area contributed by atoms with E-state index in [1.165, 1.54) is 61.9 Å². The Balaban J connectivity index is 1.08. The van der Waals surface area contributed by atoms with Crippen LogP contribution in [0.25, 0.3) is 17.0 Å². The van der Waals surface area contributed by atoms with Crippen molar-refractivity contribution in [2.75, 3.05) is 19.6 Å². The average molecular weight is 682 g/mol. The maximum atomic E-state index is 13.4. The van der Waals surface area contributed by atoms with Gasteiger partial charge in [0.15, 0.2) is 5.82 Å². The average Bonchev–Trinajstić information content (AvgIpc) is 3.85. The Morgan fingerprint density at radius 2 is 1.67 bits per heavy atom. The predicted octanol–water partition coefficient (Wildman–Crippen LogP) is 7.97. The van der Waals surface area contributed by atoms with E-state index in [1.807, 2.05) is 48.8 Å². The lowest BCUT2D eigenvalue weighted by Gasteiger charge is -2.35. The molecule has 1 saturated carbocycles. The number of amides is 2. The molecule has 3 aromatic rings. The minimum Gasteiger partial charge on any atom is -0.354 e. The highest BCUT2D eigenvalue weighted by Crippen LogP contribution is 2.41. The highest BCUT2D eigenvalue weighted by Gasteiger charge is 2.29. The van der Waals surface area contributed by atoms with Gasteiger partial charge in [0.25, 0.3) is 5.91 Å². The van der Waals surface area contributed by atoms with E-state index in [4.69, 9.17) is 9.97 Å². The van der Waals surface area contributed by atoms with Gasteiger partial charge < -0.3 is 16.0 Å². The molecule has 8 heteroatoms. The molecule has 7 nitrogen and oxygen atoms in total. The Labute approximate surface area is 297 Å². The summed E-state index contributed by atoms with van der Waals surface area (Å²) >= 11 is 1.49. The number of nitrogens with zero attached hydrogens (tertiary/aromatic N) is 2. The number of thiophene rings is 1. The fourth-order valence-electron chi connectivity index (χ4n) is 7.84. The molecule has 1 saturated heterocycles. The van der Waals surface area contributed by atoms with Crippen LogP contribution in [0.15, 0.2) is 54.9 Å². The highest BCUT2D eigenvalue weighted by molar-refractivity contribution is 7.14. The molecular formula is C41H55N5O2S. The molecule has 49 heavy (non-hydrogen) atoms. The molecule has 3 N–H and O–H groups in total. The van der Waals surface area contributed by atoms with Crippen molar-refractivity contribution in [3.8, 4) is 11.4 Å². The van der Waals surface area contributed by atoms with Gasteiger partial charge in [-0.1, -0.05) is 77.3 Å². The van der Waals surface area contributed by atoms with Crippen molar-refractivity contribution in [3.63, 3.8) is 0 Å². The largest absolute Gasteiger partial charge is 0.354 e. The van der Waals surface area contributed by atoms with Crippen LogP contribution in [0.5, 0.6) is 0 Å². The number of nitrogens with one attached hydrogen (secondary N) is 3. The van der Waals surface area contributed by atoms with Crippen LogP contribution in [0.1, 0.15) is 111 Å². The van der Waals surface area contributed by atoms with Crippen molar-refractivity contribution in [2.45, 2.75) is 103 Å². The van der Waals surface area contributed by atoms with Crippen molar-refractivity contribution in [3.05, 3.63) is 75.7 Å². The molecule has 262 valence electrons. The molecule has 6 rings (SSSR count). The number of carbonyl (C=O) groups is 2. The van der Waals surface area contributed by atoms with E-state index in [0.29, 0.717) is 29.6 Å².